The van der Waals surface area contributed by atoms with Crippen LogP contribution < -0.4 is 0 Å². The van der Waals surface area contributed by atoms with Gasteiger partial charge in [-0.2, -0.15) is 5.10 Å². The minimum absolute atomic E-state index is 0. The molecule has 0 saturated carbocycles. The van der Waals surface area contributed by atoms with Gasteiger partial charge >= 0.3 is 0 Å². The fraction of sp³-hybridized carbons (Fsp3) is 0.294. The first-order valence-corrected chi connectivity index (χ1v) is 6.92. The summed E-state index contributed by atoms with van der Waals surface area (Å²) in [4.78, 5) is 14.0. The molecule has 0 atom stereocenters. The normalized spacial score (nSPS) is 10.6. The Labute approximate surface area is 129 Å². The lowest BCUT2D eigenvalue weighted by atomic mass is 10.1. The third-order valence-electron chi connectivity index (χ3n) is 3.50. The number of hydrogen-bond acceptors (Lipinski definition) is 2. The second-order valence-corrected chi connectivity index (χ2v) is 5.19. The van der Waals surface area contributed by atoms with Crippen LogP contribution in [0.3, 0.4) is 0 Å². The van der Waals surface area contributed by atoms with Crippen molar-refractivity contribution in [1.29, 1.82) is 0 Å². The summed E-state index contributed by atoms with van der Waals surface area (Å²) in [5.74, 6) is -0.0585. The molecule has 0 aliphatic carbocycles. The van der Waals surface area contributed by atoms with Crippen molar-refractivity contribution in [3.63, 3.8) is 0 Å². The molecule has 22 heavy (non-hydrogen) atoms. The first kappa shape index (κ1) is 15.9. The van der Waals surface area contributed by atoms with Crippen molar-refractivity contribution in [1.82, 2.24) is 14.8 Å². The van der Waals surface area contributed by atoms with Crippen molar-refractivity contribution in [3.8, 4) is 11.1 Å². The number of Topliss-reactive ketones (excluding diaryl/α,β-unsaturated/α-hetero) is 1. The molecule has 0 bridgehead atoms. The van der Waals surface area contributed by atoms with E-state index in [0.717, 1.165) is 35.0 Å². The van der Waals surface area contributed by atoms with E-state index in [1.54, 1.807) is 19.2 Å². The lowest BCUT2D eigenvalue weighted by Crippen LogP contribution is -2.00. The number of carbonyl (C=O) groups excluding carboxylic acids is 1. The Kier molecular flexibility index (Phi) is 4.75. The van der Waals surface area contributed by atoms with Gasteiger partial charge in [-0.05, 0) is 31.5 Å². The second kappa shape index (κ2) is 6.56. The summed E-state index contributed by atoms with van der Waals surface area (Å²) in [5.41, 5.74) is 2.76. The number of fused-ring (bicyclic) bond motifs is 1. The first-order chi connectivity index (χ1) is 10.1. The summed E-state index contributed by atoms with van der Waals surface area (Å²) in [6.07, 6.45) is 6.96. The Morgan fingerprint density at radius 1 is 1.41 bits per heavy atom. The van der Waals surface area contributed by atoms with Crippen LogP contribution in [0.5, 0.6) is 0 Å². The SMILES string of the molecule is C.CC(=O)CCCn1cc(-c2c[nH]c3cc(F)ccc23)cn1. The van der Waals surface area contributed by atoms with Gasteiger partial charge in [-0.25, -0.2) is 4.39 Å². The van der Waals surface area contributed by atoms with E-state index in [0.29, 0.717) is 6.42 Å². The lowest BCUT2D eigenvalue weighted by molar-refractivity contribution is -0.117. The lowest BCUT2D eigenvalue weighted by Gasteiger charge is -1.99. The van der Waals surface area contributed by atoms with Crippen molar-refractivity contribution < 1.29 is 9.18 Å². The minimum atomic E-state index is -0.254. The Bertz CT molecular complexity index is 788. The molecular weight excluding hydrogens is 281 g/mol. The van der Waals surface area contributed by atoms with Crippen molar-refractivity contribution >= 4 is 16.7 Å². The monoisotopic (exact) mass is 301 g/mol. The van der Waals surface area contributed by atoms with Crippen molar-refractivity contribution in [2.75, 3.05) is 0 Å². The Balaban J connectivity index is 0.00000176. The molecule has 0 aliphatic heterocycles. The van der Waals surface area contributed by atoms with Gasteiger partial charge in [0.2, 0.25) is 0 Å². The third kappa shape index (κ3) is 3.24. The number of halogens is 1. The third-order valence-corrected chi connectivity index (χ3v) is 3.50. The maximum absolute atomic E-state index is 13.2. The van der Waals surface area contributed by atoms with Crippen LogP contribution >= 0.6 is 0 Å². The van der Waals surface area contributed by atoms with Crippen molar-refractivity contribution in [2.24, 2.45) is 0 Å². The minimum Gasteiger partial charge on any atom is -0.360 e. The summed E-state index contributed by atoms with van der Waals surface area (Å²) < 4.78 is 15.0. The van der Waals surface area contributed by atoms with Crippen LogP contribution in [-0.2, 0) is 11.3 Å². The van der Waals surface area contributed by atoms with Gasteiger partial charge in [0.15, 0.2) is 0 Å². The van der Waals surface area contributed by atoms with Crippen molar-refractivity contribution in [2.45, 2.75) is 33.7 Å². The Morgan fingerprint density at radius 2 is 2.23 bits per heavy atom. The van der Waals surface area contributed by atoms with E-state index < -0.39 is 0 Å². The number of hydrogen-bond donors (Lipinski definition) is 1. The summed E-state index contributed by atoms with van der Waals surface area (Å²) >= 11 is 0. The molecule has 0 amide bonds. The van der Waals surface area contributed by atoms with E-state index >= 15 is 0 Å². The number of aromatic amines is 1. The molecule has 2 aromatic heterocycles. The highest BCUT2D eigenvalue weighted by molar-refractivity contribution is 5.95. The fourth-order valence-corrected chi connectivity index (χ4v) is 2.45. The highest BCUT2D eigenvalue weighted by Crippen LogP contribution is 2.28. The number of benzene rings is 1. The highest BCUT2D eigenvalue weighted by atomic mass is 19.1. The summed E-state index contributed by atoms with van der Waals surface area (Å²) in [6.45, 7) is 2.32. The first-order valence-electron chi connectivity index (χ1n) is 6.92. The van der Waals surface area contributed by atoms with Crippen LogP contribution in [0.2, 0.25) is 0 Å². The topological polar surface area (TPSA) is 50.7 Å². The summed E-state index contributed by atoms with van der Waals surface area (Å²) in [7, 11) is 0. The zero-order chi connectivity index (χ0) is 14.8. The maximum Gasteiger partial charge on any atom is 0.129 e. The van der Waals surface area contributed by atoms with E-state index in [-0.39, 0.29) is 19.0 Å². The molecule has 0 aliphatic rings. The van der Waals surface area contributed by atoms with E-state index in [2.05, 4.69) is 10.1 Å². The van der Waals surface area contributed by atoms with E-state index in [1.807, 2.05) is 17.1 Å². The van der Waals surface area contributed by atoms with E-state index in [9.17, 15) is 9.18 Å². The number of H-pyrrole nitrogens is 1. The number of ketones is 1. The van der Waals surface area contributed by atoms with Gasteiger partial charge in [-0.15, -0.1) is 0 Å². The predicted molar refractivity (Wildman–Crippen MR) is 86.1 cm³/mol. The van der Waals surface area contributed by atoms with Gasteiger partial charge in [0, 0.05) is 47.4 Å². The Hall–Kier alpha value is -2.43. The molecule has 5 heteroatoms. The van der Waals surface area contributed by atoms with Crippen LogP contribution in [0, 0.1) is 5.82 Å². The van der Waals surface area contributed by atoms with Crippen LogP contribution in [-0.4, -0.2) is 20.5 Å². The number of nitrogens with one attached hydrogen (secondary N) is 1. The summed E-state index contributed by atoms with van der Waals surface area (Å²) in [6, 6.07) is 4.71. The zero-order valence-electron chi connectivity index (χ0n) is 11.8. The van der Waals surface area contributed by atoms with Crippen molar-refractivity contribution in [3.05, 3.63) is 42.6 Å². The zero-order valence-corrected chi connectivity index (χ0v) is 11.8. The van der Waals surface area contributed by atoms with Gasteiger partial charge < -0.3 is 9.78 Å². The van der Waals surface area contributed by atoms with Gasteiger partial charge in [-0.1, -0.05) is 7.43 Å². The standard InChI is InChI=1S/C16H16FN3O.CH4/c1-11(21)3-2-6-20-10-12(8-19-20)15-9-18-16-7-13(17)4-5-14(15)16;/h4-5,7-10,18H,2-3,6H2,1H3;1H4. The largest absolute Gasteiger partial charge is 0.360 e. The average molecular weight is 301 g/mol. The molecule has 1 N–H and O–H groups in total. The van der Waals surface area contributed by atoms with Gasteiger partial charge in [0.1, 0.15) is 11.6 Å². The molecule has 0 fully saturated rings. The second-order valence-electron chi connectivity index (χ2n) is 5.19. The maximum atomic E-state index is 13.2. The van der Waals surface area contributed by atoms with Gasteiger partial charge in [0.05, 0.1) is 6.20 Å². The fourth-order valence-electron chi connectivity index (χ4n) is 2.45. The van der Waals surface area contributed by atoms with Crippen LogP contribution in [0.25, 0.3) is 22.0 Å². The smallest absolute Gasteiger partial charge is 0.129 e. The molecule has 0 spiro atoms. The Morgan fingerprint density at radius 3 is 3.00 bits per heavy atom. The van der Waals surface area contributed by atoms with Gasteiger partial charge in [-0.3, -0.25) is 4.68 Å². The van der Waals surface area contributed by atoms with Crippen LogP contribution in [0.1, 0.15) is 27.2 Å². The van der Waals surface area contributed by atoms with E-state index in [1.165, 1.54) is 12.1 Å². The molecule has 3 rings (SSSR count). The molecular formula is C17H20FN3O. The summed E-state index contributed by atoms with van der Waals surface area (Å²) in [5, 5.41) is 5.28. The number of rotatable bonds is 5. The average Bonchev–Trinajstić information content (AvgIpc) is 3.04. The number of carbonyl (C=O) groups is 1. The highest BCUT2D eigenvalue weighted by Gasteiger charge is 2.09. The number of aromatic nitrogens is 3. The number of aryl methyl sites for hydroxylation is 1. The molecule has 116 valence electrons. The quantitative estimate of drug-likeness (QED) is 0.768. The molecule has 4 nitrogen and oxygen atoms in total. The molecule has 2 heterocycles. The van der Waals surface area contributed by atoms with Crippen LogP contribution in [0.15, 0.2) is 36.8 Å². The predicted octanol–water partition coefficient (Wildman–Crippen LogP) is 4.18. The van der Waals surface area contributed by atoms with Crippen LogP contribution in [0.4, 0.5) is 4.39 Å². The van der Waals surface area contributed by atoms with E-state index in [4.69, 9.17) is 0 Å². The molecule has 0 unspecified atom stereocenters. The molecule has 3 aromatic rings. The van der Waals surface area contributed by atoms with Gasteiger partial charge in [0.25, 0.3) is 0 Å². The molecule has 1 aromatic carbocycles. The number of nitrogens with zero attached hydrogens (tertiary/aromatic N) is 2. The molecule has 0 saturated heterocycles. The molecule has 0 radical (unpaired) electrons.